The van der Waals surface area contributed by atoms with Gasteiger partial charge in [0.25, 0.3) is 0 Å². The van der Waals surface area contributed by atoms with E-state index in [4.69, 9.17) is 33.2 Å². The van der Waals surface area contributed by atoms with Gasteiger partial charge in [0.2, 0.25) is 5.91 Å². The van der Waals surface area contributed by atoms with Gasteiger partial charge in [-0.2, -0.15) is 0 Å². The molecule has 1 unspecified atom stereocenters. The Morgan fingerprint density at radius 3 is 2.00 bits per heavy atom. The van der Waals surface area contributed by atoms with Crippen molar-refractivity contribution >= 4 is 17.8 Å². The largest absolute Gasteiger partial charge is 0.459 e. The van der Waals surface area contributed by atoms with E-state index < -0.39 is 107 Å². The number of nitrogens with zero attached hydrogens (tertiary/aromatic N) is 4. The van der Waals surface area contributed by atoms with Gasteiger partial charge in [0.05, 0.1) is 48.4 Å². The Balaban J connectivity index is 1.74. The number of rotatable bonds is 14. The van der Waals surface area contributed by atoms with E-state index in [0.29, 0.717) is 13.0 Å². The van der Waals surface area contributed by atoms with Gasteiger partial charge in [-0.1, -0.05) is 27.7 Å². The molecular weight excluding hydrogens is 867 g/mol. The summed E-state index contributed by atoms with van der Waals surface area (Å²) in [5, 5.41) is 38.1. The molecule has 0 spiro atoms. The highest BCUT2D eigenvalue weighted by atomic mass is 16.7. The molecule has 0 aromatic carbocycles. The van der Waals surface area contributed by atoms with Crippen LogP contribution in [0.1, 0.15) is 101 Å². The average molecular weight is 958 g/mol. The highest BCUT2D eigenvalue weighted by molar-refractivity contribution is 5.78. The lowest BCUT2D eigenvalue weighted by atomic mass is 9.68. The van der Waals surface area contributed by atoms with Crippen LogP contribution in [0.2, 0.25) is 0 Å². The Labute approximate surface area is 401 Å². The first-order valence-electron chi connectivity index (χ1n) is 24.8. The van der Waals surface area contributed by atoms with Crippen LogP contribution in [0, 0.1) is 23.7 Å². The molecule has 4 aliphatic rings. The van der Waals surface area contributed by atoms with Gasteiger partial charge in [-0.05, 0) is 94.9 Å². The lowest BCUT2D eigenvalue weighted by molar-refractivity contribution is -0.304. The van der Waals surface area contributed by atoms with Gasteiger partial charge < -0.3 is 68.5 Å². The van der Waals surface area contributed by atoms with Gasteiger partial charge in [0.1, 0.15) is 29.5 Å². The summed E-state index contributed by atoms with van der Waals surface area (Å²) >= 11 is 0. The second-order valence-electron chi connectivity index (χ2n) is 21.5. The van der Waals surface area contributed by atoms with E-state index in [1.165, 1.54) is 6.92 Å². The zero-order chi connectivity index (χ0) is 50.3. The molecule has 67 heavy (non-hydrogen) atoms. The molecule has 0 bridgehead atoms. The molecular formula is C49H91N5O13. The molecule has 0 radical (unpaired) electrons. The summed E-state index contributed by atoms with van der Waals surface area (Å²) in [6, 6.07) is -1.23. The first-order valence-corrected chi connectivity index (χ1v) is 24.8. The number of aliphatic hydroxyl groups is 3. The molecule has 0 aromatic rings. The van der Waals surface area contributed by atoms with E-state index in [1.54, 1.807) is 41.9 Å². The van der Waals surface area contributed by atoms with E-state index in [-0.39, 0.29) is 43.8 Å². The highest BCUT2D eigenvalue weighted by Gasteiger charge is 2.56. The SMILES string of the molecule is CC[C@H]1OC(=O)[C@H](C)[C@@H](C2C[C@@](C)(OC)[C@@H](OC(=O)CCN3CCN(CCN(C)C)CC3)[C@H](C)O2)[C@H](C)[C@@H](O[C@@H]2O[C@H](C)C[C@H](N(C)C)[C@H]2O)[C@](C)(OC)C[C@@H](C)C(=O)N[C@H](C)[C@@H](O)[C@]1(C)O. The number of piperazine rings is 1. The van der Waals surface area contributed by atoms with Crippen LogP contribution in [0.15, 0.2) is 0 Å². The summed E-state index contributed by atoms with van der Waals surface area (Å²) in [5.74, 6) is -4.42. The molecule has 4 aliphatic heterocycles. The van der Waals surface area contributed by atoms with Crippen molar-refractivity contribution in [3.63, 3.8) is 0 Å². The number of hydrogen-bond acceptors (Lipinski definition) is 17. The van der Waals surface area contributed by atoms with E-state index in [0.717, 1.165) is 39.3 Å². The third kappa shape index (κ3) is 14.1. The first kappa shape index (κ1) is 57.5. The molecule has 18 heteroatoms. The molecule has 4 heterocycles. The zero-order valence-electron chi connectivity index (χ0n) is 43.9. The molecule has 4 saturated heterocycles. The minimum atomic E-state index is -1.95. The summed E-state index contributed by atoms with van der Waals surface area (Å²) in [5.41, 5.74) is -4.28. The fourth-order valence-electron chi connectivity index (χ4n) is 11.2. The van der Waals surface area contributed by atoms with E-state index in [1.807, 2.05) is 53.6 Å². The minimum absolute atomic E-state index is 0.115. The predicted molar refractivity (Wildman–Crippen MR) is 253 cm³/mol. The lowest BCUT2D eigenvalue weighted by Crippen LogP contribution is -2.62. The Hall–Kier alpha value is -2.07. The fraction of sp³-hybridized carbons (Fsp3) is 0.939. The van der Waals surface area contributed by atoms with Crippen molar-refractivity contribution < 1.29 is 62.9 Å². The summed E-state index contributed by atoms with van der Waals surface area (Å²) in [6.45, 7) is 23.9. The maximum absolute atomic E-state index is 14.8. The number of carbonyl (C=O) groups excluding carboxylic acids is 3. The van der Waals surface area contributed by atoms with Crippen LogP contribution in [-0.2, 0) is 47.5 Å². The highest BCUT2D eigenvalue weighted by Crippen LogP contribution is 2.46. The number of nitrogens with one attached hydrogen (secondary N) is 1. The van der Waals surface area contributed by atoms with Gasteiger partial charge in [0, 0.05) is 84.3 Å². The standard InChI is InChI=1S/C49H91N5O13/c1-17-37-49(10,60)41(57)33(6)50-44(58)29(2)27-47(8,61-15)42(67-46-40(56)35(52(13)14)26-30(3)63-46)31(4)39(32(5)45(59)65-37)36-28-48(9,62-16)43(34(7)64-36)66-38(55)18-19-53-22-24-54(25-23-53)21-20-51(11)12/h29-37,39-43,46,56-57,60H,17-28H2,1-16H3,(H,50,58)/t29-,30-,31+,32-,33-,34+,35+,36?,37-,39+,40-,41-,42-,43+,46+,47-,48-,49-/m1/s1. The Morgan fingerprint density at radius 2 is 1.45 bits per heavy atom. The van der Waals surface area contributed by atoms with Gasteiger partial charge in [0.15, 0.2) is 12.4 Å². The van der Waals surface area contributed by atoms with Crippen LogP contribution in [0.5, 0.6) is 0 Å². The monoisotopic (exact) mass is 958 g/mol. The Morgan fingerprint density at radius 1 is 0.866 bits per heavy atom. The van der Waals surface area contributed by atoms with E-state index in [2.05, 4.69) is 34.1 Å². The topological polar surface area (TPSA) is 201 Å². The normalized spacial score (nSPS) is 42.7. The number of carbonyl (C=O) groups is 3. The van der Waals surface area contributed by atoms with Crippen LogP contribution in [0.25, 0.3) is 0 Å². The quantitative estimate of drug-likeness (QED) is 0.185. The fourth-order valence-corrected chi connectivity index (χ4v) is 11.2. The molecule has 0 aromatic heterocycles. The van der Waals surface area contributed by atoms with Gasteiger partial charge in [-0.3, -0.25) is 19.3 Å². The molecule has 1 amide bonds. The number of esters is 2. The molecule has 0 aliphatic carbocycles. The summed E-state index contributed by atoms with van der Waals surface area (Å²) < 4.78 is 45.4. The van der Waals surface area contributed by atoms with Crippen molar-refractivity contribution in [2.24, 2.45) is 23.7 Å². The molecule has 18 nitrogen and oxygen atoms in total. The molecule has 4 rings (SSSR count). The first-order chi connectivity index (χ1) is 31.2. The van der Waals surface area contributed by atoms with Crippen LogP contribution >= 0.6 is 0 Å². The summed E-state index contributed by atoms with van der Waals surface area (Å²) in [7, 11) is 11.1. The van der Waals surface area contributed by atoms with Gasteiger partial charge in [-0.15, -0.1) is 0 Å². The number of aliphatic hydroxyl groups excluding tert-OH is 2. The minimum Gasteiger partial charge on any atom is -0.459 e. The predicted octanol–water partition coefficient (Wildman–Crippen LogP) is 2.13. The Bertz CT molecular complexity index is 1580. The number of ether oxygens (including phenoxy) is 7. The molecule has 18 atom stereocenters. The second kappa shape index (κ2) is 24.4. The maximum Gasteiger partial charge on any atom is 0.309 e. The maximum atomic E-state index is 14.8. The average Bonchev–Trinajstić information content (AvgIpc) is 3.27. The van der Waals surface area contributed by atoms with Crippen molar-refractivity contribution in [1.29, 1.82) is 0 Å². The third-order valence-corrected chi connectivity index (χ3v) is 15.7. The van der Waals surface area contributed by atoms with Crippen molar-refractivity contribution in [3.8, 4) is 0 Å². The lowest BCUT2D eigenvalue weighted by Gasteiger charge is -2.52. The Kier molecular flexibility index (Phi) is 20.9. The van der Waals surface area contributed by atoms with Crippen LogP contribution < -0.4 is 5.32 Å². The third-order valence-electron chi connectivity index (χ3n) is 15.7. The number of methoxy groups -OCH3 is 2. The van der Waals surface area contributed by atoms with Gasteiger partial charge in [-0.25, -0.2) is 0 Å². The molecule has 4 fully saturated rings. The number of amides is 1. The summed E-state index contributed by atoms with van der Waals surface area (Å²) in [4.78, 5) is 51.2. The smallest absolute Gasteiger partial charge is 0.309 e. The van der Waals surface area contributed by atoms with Crippen LogP contribution in [-0.4, -0.2) is 225 Å². The van der Waals surface area contributed by atoms with Crippen LogP contribution in [0.4, 0.5) is 0 Å². The zero-order valence-corrected chi connectivity index (χ0v) is 43.9. The second-order valence-corrected chi connectivity index (χ2v) is 21.5. The van der Waals surface area contributed by atoms with Crippen molar-refractivity contribution in [1.82, 2.24) is 24.9 Å². The van der Waals surface area contributed by atoms with Crippen LogP contribution in [0.3, 0.4) is 0 Å². The van der Waals surface area contributed by atoms with Crippen molar-refractivity contribution in [2.45, 2.75) is 185 Å². The number of hydrogen-bond donors (Lipinski definition) is 4. The van der Waals surface area contributed by atoms with Gasteiger partial charge >= 0.3 is 11.9 Å². The summed E-state index contributed by atoms with van der Waals surface area (Å²) in [6.07, 6.45) is -7.07. The molecule has 0 saturated carbocycles. The number of likely N-dealkylation sites (N-methyl/N-ethyl adjacent to an activating group) is 2. The van der Waals surface area contributed by atoms with Crippen molar-refractivity contribution in [2.75, 3.05) is 88.2 Å². The molecule has 4 N–H and O–H groups in total. The number of cyclic esters (lactones) is 1. The van der Waals surface area contributed by atoms with Crippen molar-refractivity contribution in [3.05, 3.63) is 0 Å². The molecule has 390 valence electrons. The van der Waals surface area contributed by atoms with E-state index in [9.17, 15) is 29.7 Å². The van der Waals surface area contributed by atoms with E-state index >= 15 is 0 Å².